The van der Waals surface area contributed by atoms with Gasteiger partial charge in [0, 0.05) is 29.7 Å². The van der Waals surface area contributed by atoms with Crippen molar-refractivity contribution >= 4 is 17.7 Å². The summed E-state index contributed by atoms with van der Waals surface area (Å²) in [5.41, 5.74) is 8.29. The number of carbonyl (C=O) groups excluding carboxylic acids is 3. The average Bonchev–Trinajstić information content (AvgIpc) is 3.37. The summed E-state index contributed by atoms with van der Waals surface area (Å²) in [7, 11) is 0. The second-order valence-electron chi connectivity index (χ2n) is 8.03. The number of amides is 3. The molecule has 0 radical (unpaired) electrons. The summed E-state index contributed by atoms with van der Waals surface area (Å²) in [5, 5.41) is 15.2. The molecule has 10 heteroatoms. The highest BCUT2D eigenvalue weighted by atomic mass is 16.2. The van der Waals surface area contributed by atoms with E-state index in [1.54, 1.807) is 36.4 Å². The second kappa shape index (κ2) is 11.5. The maximum absolute atomic E-state index is 12.3. The third kappa shape index (κ3) is 6.38. The largest absolute Gasteiger partial charge is 0.352 e. The fraction of sp³-hybridized carbons (Fsp3) is 0.154. The van der Waals surface area contributed by atoms with Gasteiger partial charge in [0.2, 0.25) is 11.7 Å². The normalized spacial score (nSPS) is 10.5. The zero-order valence-electron chi connectivity index (χ0n) is 19.6. The summed E-state index contributed by atoms with van der Waals surface area (Å²) in [4.78, 5) is 38.0. The number of aromatic nitrogens is 4. The summed E-state index contributed by atoms with van der Waals surface area (Å²) < 4.78 is 0. The van der Waals surface area contributed by atoms with Gasteiger partial charge >= 0.3 is 0 Å². The third-order valence-corrected chi connectivity index (χ3v) is 5.37. The summed E-state index contributed by atoms with van der Waals surface area (Å²) in [6.45, 7) is 2.38. The fourth-order valence-electron chi connectivity index (χ4n) is 3.41. The van der Waals surface area contributed by atoms with Crippen LogP contribution in [0.25, 0.3) is 11.4 Å². The van der Waals surface area contributed by atoms with Crippen molar-refractivity contribution in [2.45, 2.75) is 19.9 Å². The quantitative estimate of drug-likeness (QED) is 0.330. The molecule has 0 atom stereocenters. The maximum Gasteiger partial charge on any atom is 0.269 e. The maximum atomic E-state index is 12.3. The second-order valence-corrected chi connectivity index (χ2v) is 8.03. The average molecular weight is 484 g/mol. The van der Waals surface area contributed by atoms with Gasteiger partial charge in [-0.3, -0.25) is 25.2 Å². The van der Waals surface area contributed by atoms with E-state index in [9.17, 15) is 14.4 Å². The number of aryl methyl sites for hydroxylation is 1. The number of tetrazole rings is 1. The van der Waals surface area contributed by atoms with Crippen LogP contribution in [0.4, 0.5) is 0 Å². The van der Waals surface area contributed by atoms with Crippen molar-refractivity contribution < 1.29 is 14.4 Å². The molecule has 0 bridgehead atoms. The molecule has 3 aromatic carbocycles. The van der Waals surface area contributed by atoms with E-state index in [2.05, 4.69) is 31.6 Å². The molecular weight excluding hydrogens is 458 g/mol. The zero-order chi connectivity index (χ0) is 25.3. The number of carbonyl (C=O) groups is 3. The number of hydrogen-bond acceptors (Lipinski definition) is 6. The zero-order valence-corrected chi connectivity index (χ0v) is 19.6. The lowest BCUT2D eigenvalue weighted by molar-refractivity contribution is -0.121. The molecule has 0 fully saturated rings. The summed E-state index contributed by atoms with van der Waals surface area (Å²) >= 11 is 0. The van der Waals surface area contributed by atoms with E-state index in [1.165, 1.54) is 4.80 Å². The molecule has 1 heterocycles. The van der Waals surface area contributed by atoms with E-state index >= 15 is 0 Å². The van der Waals surface area contributed by atoms with Crippen LogP contribution in [0.15, 0.2) is 78.9 Å². The molecule has 4 rings (SSSR count). The first-order valence-corrected chi connectivity index (χ1v) is 11.3. The van der Waals surface area contributed by atoms with Gasteiger partial charge in [0.25, 0.3) is 11.8 Å². The molecule has 0 saturated heterocycles. The first-order valence-electron chi connectivity index (χ1n) is 11.3. The molecule has 1 aromatic heterocycles. The molecule has 4 aromatic rings. The first-order chi connectivity index (χ1) is 17.5. The molecule has 0 saturated carbocycles. The minimum absolute atomic E-state index is 0.0205. The molecule has 36 heavy (non-hydrogen) atoms. The van der Waals surface area contributed by atoms with Gasteiger partial charge in [-0.05, 0) is 41.5 Å². The third-order valence-electron chi connectivity index (χ3n) is 5.37. The number of rotatable bonds is 8. The van der Waals surface area contributed by atoms with Crippen LogP contribution in [-0.4, -0.2) is 44.5 Å². The van der Waals surface area contributed by atoms with Crippen molar-refractivity contribution in [1.82, 2.24) is 36.4 Å². The molecule has 0 aliphatic carbocycles. The highest BCUT2D eigenvalue weighted by Gasteiger charge is 2.11. The lowest BCUT2D eigenvalue weighted by Gasteiger charge is -2.09. The Hall–Kier alpha value is -4.86. The molecule has 182 valence electrons. The van der Waals surface area contributed by atoms with Crippen molar-refractivity contribution in [3.8, 4) is 11.4 Å². The van der Waals surface area contributed by atoms with Gasteiger partial charge in [-0.25, -0.2) is 0 Å². The minimum Gasteiger partial charge on any atom is -0.352 e. The van der Waals surface area contributed by atoms with Crippen molar-refractivity contribution in [3.05, 3.63) is 101 Å². The summed E-state index contributed by atoms with van der Waals surface area (Å²) in [6.07, 6.45) is 0.0205. The van der Waals surface area contributed by atoms with E-state index in [-0.39, 0.29) is 18.9 Å². The Labute approximate surface area is 207 Å². The molecule has 3 amide bonds. The Morgan fingerprint density at radius 1 is 0.833 bits per heavy atom. The molecule has 0 unspecified atom stereocenters. The van der Waals surface area contributed by atoms with Gasteiger partial charge in [-0.2, -0.15) is 4.80 Å². The molecule has 0 spiro atoms. The Bertz CT molecular complexity index is 1350. The molecule has 0 aliphatic heterocycles. The van der Waals surface area contributed by atoms with Gasteiger partial charge in [-0.15, -0.1) is 10.2 Å². The SMILES string of the molecule is Cc1ccccc1C(=O)NCCC(=O)NNC(=O)c1ccc(Cn2nnc(-c3ccccc3)n2)cc1. The van der Waals surface area contributed by atoms with E-state index in [1.807, 2.05) is 49.4 Å². The first kappa shape index (κ1) is 24.3. The predicted octanol–water partition coefficient (Wildman–Crippen LogP) is 2.28. The summed E-state index contributed by atoms with van der Waals surface area (Å²) in [5.74, 6) is -0.583. The van der Waals surface area contributed by atoms with E-state index in [4.69, 9.17) is 0 Å². The highest BCUT2D eigenvalue weighted by Crippen LogP contribution is 2.13. The minimum atomic E-state index is -0.455. The molecule has 0 aliphatic rings. The van der Waals surface area contributed by atoms with Crippen LogP contribution in [-0.2, 0) is 11.3 Å². The Kier molecular flexibility index (Phi) is 7.76. The van der Waals surface area contributed by atoms with Crippen molar-refractivity contribution in [2.24, 2.45) is 0 Å². The van der Waals surface area contributed by atoms with E-state index < -0.39 is 11.8 Å². The molecule has 3 N–H and O–H groups in total. The lowest BCUT2D eigenvalue weighted by Crippen LogP contribution is -2.42. The van der Waals surface area contributed by atoms with Gasteiger partial charge in [-0.1, -0.05) is 60.7 Å². The van der Waals surface area contributed by atoms with Gasteiger partial charge in [0.1, 0.15) is 0 Å². The smallest absolute Gasteiger partial charge is 0.269 e. The van der Waals surface area contributed by atoms with Crippen molar-refractivity contribution in [1.29, 1.82) is 0 Å². The highest BCUT2D eigenvalue weighted by molar-refractivity contribution is 5.96. The Balaban J connectivity index is 1.21. The van der Waals surface area contributed by atoms with Crippen molar-refractivity contribution in [2.75, 3.05) is 6.54 Å². The van der Waals surface area contributed by atoms with Gasteiger partial charge in [0.15, 0.2) is 0 Å². The standard InChI is InChI=1S/C26H25N7O3/c1-18-7-5-6-10-22(18)26(36)27-16-15-23(34)28-30-25(35)21-13-11-19(12-14-21)17-33-31-24(29-32-33)20-8-3-2-4-9-20/h2-14H,15-17H2,1H3,(H,27,36)(H,28,34)(H,30,35). The van der Waals surface area contributed by atoms with Crippen LogP contribution in [0.1, 0.15) is 38.3 Å². The Morgan fingerprint density at radius 2 is 1.56 bits per heavy atom. The van der Waals surface area contributed by atoms with Crippen LogP contribution in [0.3, 0.4) is 0 Å². The van der Waals surface area contributed by atoms with Crippen LogP contribution in [0.2, 0.25) is 0 Å². The summed E-state index contributed by atoms with van der Waals surface area (Å²) in [6, 6.07) is 23.6. The number of benzene rings is 3. The van der Waals surface area contributed by atoms with Crippen LogP contribution in [0, 0.1) is 6.92 Å². The van der Waals surface area contributed by atoms with Gasteiger partial charge in [0.05, 0.1) is 6.54 Å². The molecular formula is C26H25N7O3. The van der Waals surface area contributed by atoms with Crippen molar-refractivity contribution in [3.63, 3.8) is 0 Å². The fourth-order valence-corrected chi connectivity index (χ4v) is 3.41. The Morgan fingerprint density at radius 3 is 2.31 bits per heavy atom. The monoisotopic (exact) mass is 483 g/mol. The number of nitrogens with one attached hydrogen (secondary N) is 3. The molecule has 10 nitrogen and oxygen atoms in total. The predicted molar refractivity (Wildman–Crippen MR) is 133 cm³/mol. The number of hydrogen-bond donors (Lipinski definition) is 3. The lowest BCUT2D eigenvalue weighted by atomic mass is 10.1. The van der Waals surface area contributed by atoms with Crippen LogP contribution >= 0.6 is 0 Å². The van der Waals surface area contributed by atoms with Crippen LogP contribution < -0.4 is 16.2 Å². The van der Waals surface area contributed by atoms with E-state index in [0.717, 1.165) is 16.7 Å². The topological polar surface area (TPSA) is 131 Å². The number of hydrazine groups is 1. The van der Waals surface area contributed by atoms with Gasteiger partial charge < -0.3 is 5.32 Å². The van der Waals surface area contributed by atoms with E-state index in [0.29, 0.717) is 23.5 Å². The number of nitrogens with zero attached hydrogens (tertiary/aromatic N) is 4. The van der Waals surface area contributed by atoms with Crippen LogP contribution in [0.5, 0.6) is 0 Å².